The molecule has 1 rings (SSSR count). The van der Waals surface area contributed by atoms with E-state index in [0.717, 1.165) is 5.56 Å². The molecular weight excluding hydrogens is 472 g/mol. The van der Waals surface area contributed by atoms with Crippen molar-refractivity contribution in [2.24, 2.45) is 23.5 Å². The first-order valence-corrected chi connectivity index (χ1v) is 12.1. The van der Waals surface area contributed by atoms with Gasteiger partial charge in [-0.3, -0.25) is 9.59 Å². The lowest BCUT2D eigenvalue weighted by molar-refractivity contribution is -0.159. The zero-order valence-corrected chi connectivity index (χ0v) is 22.2. The van der Waals surface area contributed by atoms with Crippen molar-refractivity contribution in [1.82, 2.24) is 10.6 Å². The fraction of sp³-hybridized carbons (Fsp3) is 0.654. The van der Waals surface area contributed by atoms with E-state index in [1.807, 2.05) is 6.07 Å². The van der Waals surface area contributed by atoms with Crippen LogP contribution >= 0.6 is 0 Å². The van der Waals surface area contributed by atoms with Gasteiger partial charge in [0, 0.05) is 6.54 Å². The fourth-order valence-electron chi connectivity index (χ4n) is 3.72. The monoisotopic (exact) mass is 513 g/mol. The molecule has 1 aromatic rings. The zero-order chi connectivity index (χ0) is 27.8. The molecule has 0 aliphatic rings. The van der Waals surface area contributed by atoms with E-state index in [2.05, 4.69) is 10.6 Å². The Bertz CT molecular complexity index is 872. The van der Waals surface area contributed by atoms with Crippen molar-refractivity contribution in [2.45, 2.75) is 91.1 Å². The Morgan fingerprint density at radius 3 is 2.08 bits per heavy atom. The number of ketones is 1. The summed E-state index contributed by atoms with van der Waals surface area (Å²) < 4.78 is 35.9. The molecule has 204 valence electrons. The summed E-state index contributed by atoms with van der Waals surface area (Å²) in [5.74, 6) is -8.33. The summed E-state index contributed by atoms with van der Waals surface area (Å²) in [6, 6.07) is 5.00. The third-order valence-corrected chi connectivity index (χ3v) is 5.49. The third kappa shape index (κ3) is 9.46. The largest absolute Gasteiger partial charge is 0.444 e. The highest BCUT2D eigenvalue weighted by Crippen LogP contribution is 2.30. The summed E-state index contributed by atoms with van der Waals surface area (Å²) in [5, 5.41) is 15.5. The highest BCUT2D eigenvalue weighted by molar-refractivity contribution is 6.04. The lowest BCUT2D eigenvalue weighted by Gasteiger charge is -2.35. The van der Waals surface area contributed by atoms with Crippen LogP contribution in [0.15, 0.2) is 30.3 Å². The van der Waals surface area contributed by atoms with Crippen LogP contribution in [0.1, 0.15) is 60.5 Å². The number of aliphatic hydroxyl groups excluding tert-OH is 1. The first-order valence-electron chi connectivity index (χ1n) is 12.1. The minimum atomic E-state index is -4.14. The van der Waals surface area contributed by atoms with Crippen molar-refractivity contribution in [2.75, 3.05) is 0 Å². The molecule has 0 radical (unpaired) electrons. The summed E-state index contributed by atoms with van der Waals surface area (Å²) in [6.45, 7) is 11.5. The average Bonchev–Trinajstić information content (AvgIpc) is 2.75. The molecule has 10 heteroatoms. The molecular formula is C26H41F2N3O5. The summed E-state index contributed by atoms with van der Waals surface area (Å²) in [6.07, 6.45) is -3.50. The van der Waals surface area contributed by atoms with E-state index >= 15 is 8.78 Å². The number of alkyl halides is 2. The first kappa shape index (κ1) is 31.4. The van der Waals surface area contributed by atoms with Crippen molar-refractivity contribution in [3.8, 4) is 0 Å². The minimum absolute atomic E-state index is 0.0257. The van der Waals surface area contributed by atoms with E-state index in [-0.39, 0.29) is 18.9 Å². The zero-order valence-electron chi connectivity index (χ0n) is 22.2. The topological polar surface area (TPSA) is 131 Å². The number of carbonyl (C=O) groups excluding carboxylic acids is 3. The second kappa shape index (κ2) is 13.1. The number of ether oxygens (including phenoxy) is 1. The number of hydrogen-bond acceptors (Lipinski definition) is 6. The number of hydrogen-bond donors (Lipinski definition) is 4. The second-order valence-corrected chi connectivity index (χ2v) is 10.8. The minimum Gasteiger partial charge on any atom is -0.444 e. The number of alkyl carbamates (subject to hydrolysis) is 1. The molecule has 4 atom stereocenters. The number of nitrogens with two attached hydrogens (primary N) is 1. The van der Waals surface area contributed by atoms with Crippen LogP contribution in [-0.2, 0) is 20.9 Å². The maximum atomic E-state index is 15.4. The van der Waals surface area contributed by atoms with Crippen LogP contribution < -0.4 is 16.4 Å². The van der Waals surface area contributed by atoms with Gasteiger partial charge in [-0.1, -0.05) is 58.0 Å². The van der Waals surface area contributed by atoms with E-state index < -0.39 is 59.3 Å². The van der Waals surface area contributed by atoms with Crippen LogP contribution in [0.5, 0.6) is 0 Å². The van der Waals surface area contributed by atoms with Crippen LogP contribution in [0.25, 0.3) is 0 Å². The quantitative estimate of drug-likeness (QED) is 0.317. The van der Waals surface area contributed by atoms with Crippen molar-refractivity contribution in [3.05, 3.63) is 35.9 Å². The van der Waals surface area contributed by atoms with Gasteiger partial charge < -0.3 is 26.2 Å². The van der Waals surface area contributed by atoms with Gasteiger partial charge in [0.2, 0.25) is 5.91 Å². The predicted molar refractivity (Wildman–Crippen MR) is 133 cm³/mol. The van der Waals surface area contributed by atoms with Crippen LogP contribution in [0.2, 0.25) is 0 Å². The maximum Gasteiger partial charge on any atom is 0.407 e. The number of rotatable bonds is 12. The van der Waals surface area contributed by atoms with Gasteiger partial charge in [-0.25, -0.2) is 13.6 Å². The number of nitrogens with one attached hydrogen (secondary N) is 2. The van der Waals surface area contributed by atoms with Crippen LogP contribution in [-0.4, -0.2) is 52.6 Å². The van der Waals surface area contributed by atoms with E-state index in [1.165, 1.54) is 0 Å². The van der Waals surface area contributed by atoms with Crippen LogP contribution in [0.4, 0.5) is 13.6 Å². The highest BCUT2D eigenvalue weighted by Gasteiger charge is 2.53. The molecule has 5 N–H and O–H groups in total. The van der Waals surface area contributed by atoms with Gasteiger partial charge in [0.25, 0.3) is 5.92 Å². The number of benzene rings is 1. The first-order chi connectivity index (χ1) is 16.5. The van der Waals surface area contributed by atoms with Gasteiger partial charge in [0.15, 0.2) is 5.78 Å². The Labute approximate surface area is 212 Å². The maximum absolute atomic E-state index is 15.4. The molecule has 36 heavy (non-hydrogen) atoms. The van der Waals surface area contributed by atoms with Gasteiger partial charge in [0.05, 0.1) is 6.04 Å². The molecule has 4 unspecified atom stereocenters. The molecule has 8 nitrogen and oxygen atoms in total. The molecule has 0 aliphatic heterocycles. The fourth-order valence-corrected chi connectivity index (χ4v) is 3.72. The molecule has 0 bridgehead atoms. The van der Waals surface area contributed by atoms with Crippen molar-refractivity contribution < 1.29 is 33.0 Å². The summed E-state index contributed by atoms with van der Waals surface area (Å²) in [5.41, 5.74) is 5.59. The number of amides is 2. The smallest absolute Gasteiger partial charge is 0.407 e. The third-order valence-electron chi connectivity index (χ3n) is 5.49. The predicted octanol–water partition coefficient (Wildman–Crippen LogP) is 3.41. The number of carbonyl (C=O) groups is 3. The lowest BCUT2D eigenvalue weighted by atomic mass is 9.82. The Balaban J connectivity index is 3.07. The standard InChI is InChI=1S/C26H41F2N3O5/c1-15(2)13-18(31-24(35)36-25(5,6)7)22(33)26(27,28)21(29)20(32)19(16(3)4)23(34)30-14-17-11-9-8-10-12-17/h8-12,15-16,18-19,21-22,33H,13-14,29H2,1-7H3,(H,30,34)(H,31,35). The molecule has 0 aliphatic carbocycles. The lowest BCUT2D eigenvalue weighted by Crippen LogP contribution is -2.62. The van der Waals surface area contributed by atoms with Gasteiger partial charge in [-0.05, 0) is 44.6 Å². The number of halogens is 2. The van der Waals surface area contributed by atoms with Crippen LogP contribution in [0.3, 0.4) is 0 Å². The Kier molecular flexibility index (Phi) is 11.4. The van der Waals surface area contributed by atoms with Crippen LogP contribution in [0, 0.1) is 17.8 Å². The van der Waals surface area contributed by atoms with E-state index in [1.54, 1.807) is 72.7 Å². The van der Waals surface area contributed by atoms with Gasteiger partial charge in [-0.15, -0.1) is 0 Å². The van der Waals surface area contributed by atoms with Crippen molar-refractivity contribution in [3.63, 3.8) is 0 Å². The Morgan fingerprint density at radius 1 is 1.06 bits per heavy atom. The average molecular weight is 514 g/mol. The molecule has 2 amide bonds. The molecule has 0 saturated heterocycles. The van der Waals surface area contributed by atoms with E-state index in [4.69, 9.17) is 10.5 Å². The molecule has 0 heterocycles. The van der Waals surface area contributed by atoms with Crippen molar-refractivity contribution >= 4 is 17.8 Å². The highest BCUT2D eigenvalue weighted by atomic mass is 19.3. The second-order valence-electron chi connectivity index (χ2n) is 10.8. The summed E-state index contributed by atoms with van der Waals surface area (Å²) in [7, 11) is 0. The van der Waals surface area contributed by atoms with Crippen molar-refractivity contribution in [1.29, 1.82) is 0 Å². The molecule has 0 spiro atoms. The Morgan fingerprint density at radius 2 is 1.61 bits per heavy atom. The summed E-state index contributed by atoms with van der Waals surface area (Å²) in [4.78, 5) is 38.1. The molecule has 0 saturated carbocycles. The SMILES string of the molecule is CC(C)CC(NC(=O)OC(C)(C)C)C(O)C(F)(F)C(N)C(=O)C(C(=O)NCc1ccccc1)C(C)C. The number of Topliss-reactive ketones (excluding diaryl/α,β-unsaturated/α-hetero) is 1. The van der Waals surface area contributed by atoms with E-state index in [9.17, 15) is 19.5 Å². The molecule has 0 fully saturated rings. The normalized spacial score (nSPS) is 15.7. The molecule has 0 aromatic heterocycles. The van der Waals surface area contributed by atoms with Gasteiger partial charge >= 0.3 is 6.09 Å². The number of aliphatic hydroxyl groups is 1. The summed E-state index contributed by atoms with van der Waals surface area (Å²) >= 11 is 0. The Hall–Kier alpha value is -2.59. The molecule has 1 aromatic carbocycles. The van der Waals surface area contributed by atoms with E-state index in [0.29, 0.717) is 0 Å². The van der Waals surface area contributed by atoms with Gasteiger partial charge in [0.1, 0.15) is 23.7 Å². The van der Waals surface area contributed by atoms with Gasteiger partial charge in [-0.2, -0.15) is 0 Å².